The van der Waals surface area contributed by atoms with Crippen LogP contribution in [0.5, 0.6) is 0 Å². The highest BCUT2D eigenvalue weighted by Gasteiger charge is 2.50. The Hall–Kier alpha value is -3.97. The van der Waals surface area contributed by atoms with Crippen LogP contribution in [0.1, 0.15) is 59.8 Å². The maximum atomic E-state index is 14.1. The van der Waals surface area contributed by atoms with Crippen molar-refractivity contribution in [2.75, 3.05) is 0 Å². The molecule has 4 heteroatoms. The highest BCUT2D eigenvalue weighted by Crippen LogP contribution is 2.47. The molecule has 2 aromatic carbocycles. The number of allylic oxidation sites excluding steroid dienone is 1. The first kappa shape index (κ1) is 22.8. The molecule has 2 aliphatic rings. The zero-order chi connectivity index (χ0) is 24.3. The minimum atomic E-state index is -0.783. The number of nitrogens with zero attached hydrogens (tertiary/aromatic N) is 1. The van der Waals surface area contributed by atoms with Gasteiger partial charge in [0.2, 0.25) is 0 Å². The second-order valence-electron chi connectivity index (χ2n) is 9.48. The van der Waals surface area contributed by atoms with Crippen molar-refractivity contribution < 1.29 is 9.59 Å². The molecular formula is C31H28N2O2. The van der Waals surface area contributed by atoms with Crippen LogP contribution in [-0.2, 0) is 10.2 Å². The summed E-state index contributed by atoms with van der Waals surface area (Å²) in [6.07, 6.45) is 7.29. The lowest BCUT2D eigenvalue weighted by molar-refractivity contribution is -0.122. The molecule has 0 radical (unpaired) electrons. The number of rotatable bonds is 3. The standard InChI is InChI=1S/C31H28N2O2/c1-31(26-15-7-8-16-27(26)33-30(35)28-17-9-10-20-32-28)25-14-6-5-13-23(25)21-24(29(31)34)19-18-22-11-3-2-4-12-22/h2-6,9-14,17,20-21,26-27H,7-8,15-16H2,1H3,(H,33,35)/t26-,27+,31-/m0/s1. The lowest BCUT2D eigenvalue weighted by Crippen LogP contribution is -2.54. The Kier molecular flexibility index (Phi) is 6.33. The molecule has 1 amide bonds. The summed E-state index contributed by atoms with van der Waals surface area (Å²) in [4.78, 5) is 31.3. The molecular weight excluding hydrogens is 432 g/mol. The Morgan fingerprint density at radius 3 is 2.49 bits per heavy atom. The number of Topliss-reactive ketones (excluding diaryl/α,β-unsaturated/α-hetero) is 1. The summed E-state index contributed by atoms with van der Waals surface area (Å²) in [5.74, 6) is 6.13. The van der Waals surface area contributed by atoms with E-state index in [1.54, 1.807) is 18.3 Å². The summed E-state index contributed by atoms with van der Waals surface area (Å²) in [5, 5.41) is 3.22. The fourth-order valence-electron chi connectivity index (χ4n) is 5.57. The van der Waals surface area contributed by atoms with Gasteiger partial charge in [0.15, 0.2) is 5.78 Å². The molecule has 174 valence electrons. The van der Waals surface area contributed by atoms with Crippen LogP contribution in [0, 0.1) is 17.8 Å². The van der Waals surface area contributed by atoms with Crippen molar-refractivity contribution >= 4 is 17.8 Å². The number of hydrogen-bond acceptors (Lipinski definition) is 3. The number of nitrogens with one attached hydrogen (secondary N) is 1. The van der Waals surface area contributed by atoms with E-state index >= 15 is 0 Å². The van der Waals surface area contributed by atoms with E-state index in [4.69, 9.17) is 0 Å². The molecule has 35 heavy (non-hydrogen) atoms. The third kappa shape index (κ3) is 4.42. The van der Waals surface area contributed by atoms with Crippen LogP contribution in [0.15, 0.2) is 84.6 Å². The van der Waals surface area contributed by atoms with Crippen LogP contribution in [0.4, 0.5) is 0 Å². The van der Waals surface area contributed by atoms with E-state index in [0.29, 0.717) is 11.3 Å². The number of hydrogen-bond donors (Lipinski definition) is 1. The van der Waals surface area contributed by atoms with Gasteiger partial charge in [-0.1, -0.05) is 73.2 Å². The van der Waals surface area contributed by atoms with Gasteiger partial charge in [0.1, 0.15) is 5.69 Å². The van der Waals surface area contributed by atoms with Crippen molar-refractivity contribution in [1.29, 1.82) is 0 Å². The van der Waals surface area contributed by atoms with Gasteiger partial charge in [0.25, 0.3) is 5.91 Å². The molecule has 3 atom stereocenters. The number of ketones is 1. The number of carbonyl (C=O) groups is 2. The van der Waals surface area contributed by atoms with Crippen molar-refractivity contribution in [3.05, 3.63) is 107 Å². The predicted molar refractivity (Wildman–Crippen MR) is 138 cm³/mol. The molecule has 1 N–H and O–H groups in total. The number of benzene rings is 2. The van der Waals surface area contributed by atoms with Crippen LogP contribution < -0.4 is 5.32 Å². The van der Waals surface area contributed by atoms with Gasteiger partial charge in [-0.3, -0.25) is 14.6 Å². The minimum Gasteiger partial charge on any atom is -0.348 e. The first-order valence-corrected chi connectivity index (χ1v) is 12.2. The number of carbonyl (C=O) groups excluding carboxylic acids is 2. The monoisotopic (exact) mass is 460 g/mol. The summed E-state index contributed by atoms with van der Waals surface area (Å²) < 4.78 is 0. The molecule has 5 rings (SSSR count). The molecule has 1 aromatic heterocycles. The van der Waals surface area contributed by atoms with Crippen molar-refractivity contribution in [2.45, 2.75) is 44.1 Å². The quantitative estimate of drug-likeness (QED) is 0.537. The second-order valence-corrected chi connectivity index (χ2v) is 9.48. The first-order valence-electron chi connectivity index (χ1n) is 12.2. The van der Waals surface area contributed by atoms with Crippen molar-refractivity contribution in [1.82, 2.24) is 10.3 Å². The number of aromatic nitrogens is 1. The van der Waals surface area contributed by atoms with E-state index in [1.165, 1.54) is 0 Å². The Labute approximate surface area is 206 Å². The Bertz CT molecular complexity index is 1330. The summed E-state index contributed by atoms with van der Waals surface area (Å²) in [7, 11) is 0. The van der Waals surface area contributed by atoms with E-state index in [9.17, 15) is 9.59 Å². The summed E-state index contributed by atoms with van der Waals surface area (Å²) in [6, 6.07) is 23.0. The summed E-state index contributed by atoms with van der Waals surface area (Å²) in [5.41, 5.74) is 3.04. The first-order chi connectivity index (χ1) is 17.1. The van der Waals surface area contributed by atoms with Gasteiger partial charge in [0.05, 0.1) is 11.0 Å². The molecule has 4 nitrogen and oxygen atoms in total. The van der Waals surface area contributed by atoms with E-state index < -0.39 is 5.41 Å². The SMILES string of the molecule is C[C@]1([C@H]2CCCC[C@H]2NC(=O)c2ccccn2)C(=O)C(C#Cc2ccccc2)=Cc2ccccc21. The molecule has 0 aliphatic heterocycles. The van der Waals surface area contributed by atoms with Crippen molar-refractivity contribution in [3.8, 4) is 11.8 Å². The summed E-state index contributed by atoms with van der Waals surface area (Å²) >= 11 is 0. The zero-order valence-corrected chi connectivity index (χ0v) is 19.8. The number of amides is 1. The maximum absolute atomic E-state index is 14.1. The molecule has 0 spiro atoms. The Morgan fingerprint density at radius 1 is 0.943 bits per heavy atom. The summed E-state index contributed by atoms with van der Waals surface area (Å²) in [6.45, 7) is 2.04. The van der Waals surface area contributed by atoms with Gasteiger partial charge in [0, 0.05) is 17.8 Å². The predicted octanol–water partition coefficient (Wildman–Crippen LogP) is 5.35. The molecule has 1 saturated carbocycles. The highest BCUT2D eigenvalue weighted by molar-refractivity contribution is 6.13. The second kappa shape index (κ2) is 9.72. The molecule has 0 bridgehead atoms. The third-order valence-electron chi connectivity index (χ3n) is 7.37. The lowest BCUT2D eigenvalue weighted by atomic mass is 9.58. The van der Waals surface area contributed by atoms with Gasteiger partial charge in [-0.05, 0) is 67.2 Å². The van der Waals surface area contributed by atoms with Crippen molar-refractivity contribution in [2.24, 2.45) is 5.92 Å². The van der Waals surface area contributed by atoms with Gasteiger partial charge in [-0.2, -0.15) is 0 Å². The van der Waals surface area contributed by atoms with E-state index in [0.717, 1.165) is 42.4 Å². The average Bonchev–Trinajstić information content (AvgIpc) is 2.91. The average molecular weight is 461 g/mol. The molecule has 1 heterocycles. The molecule has 2 aliphatic carbocycles. The van der Waals surface area contributed by atoms with E-state index in [1.807, 2.05) is 61.5 Å². The normalized spacial score (nSPS) is 23.3. The van der Waals surface area contributed by atoms with Crippen LogP contribution in [0.25, 0.3) is 6.08 Å². The van der Waals surface area contributed by atoms with Gasteiger partial charge in [-0.25, -0.2) is 0 Å². The zero-order valence-electron chi connectivity index (χ0n) is 19.8. The largest absolute Gasteiger partial charge is 0.348 e. The molecule has 3 aromatic rings. The smallest absolute Gasteiger partial charge is 0.270 e. The van der Waals surface area contributed by atoms with Crippen LogP contribution in [-0.4, -0.2) is 22.7 Å². The highest BCUT2D eigenvalue weighted by atomic mass is 16.2. The van der Waals surface area contributed by atoms with Gasteiger partial charge in [-0.15, -0.1) is 0 Å². The number of pyridine rings is 1. The Balaban J connectivity index is 1.52. The Morgan fingerprint density at radius 2 is 1.69 bits per heavy atom. The molecule has 1 fully saturated rings. The topological polar surface area (TPSA) is 59.1 Å². The third-order valence-corrected chi connectivity index (χ3v) is 7.37. The fraction of sp³-hybridized carbons (Fsp3) is 0.258. The molecule has 0 unspecified atom stereocenters. The van der Waals surface area contributed by atoms with Crippen LogP contribution >= 0.6 is 0 Å². The lowest BCUT2D eigenvalue weighted by Gasteiger charge is -2.46. The van der Waals surface area contributed by atoms with Crippen LogP contribution in [0.2, 0.25) is 0 Å². The molecule has 0 saturated heterocycles. The van der Waals surface area contributed by atoms with E-state index in [-0.39, 0.29) is 23.7 Å². The fourth-order valence-corrected chi connectivity index (χ4v) is 5.57. The van der Waals surface area contributed by atoms with Crippen molar-refractivity contribution in [3.63, 3.8) is 0 Å². The maximum Gasteiger partial charge on any atom is 0.270 e. The van der Waals surface area contributed by atoms with Crippen LogP contribution in [0.3, 0.4) is 0 Å². The number of fused-ring (bicyclic) bond motifs is 1. The van der Waals surface area contributed by atoms with Gasteiger partial charge >= 0.3 is 0 Å². The van der Waals surface area contributed by atoms with E-state index in [2.05, 4.69) is 34.3 Å². The van der Waals surface area contributed by atoms with Gasteiger partial charge < -0.3 is 5.32 Å². The minimum absolute atomic E-state index is 0.0311.